The van der Waals surface area contributed by atoms with Gasteiger partial charge in [0.1, 0.15) is 0 Å². The normalized spacial score (nSPS) is 23.6. The molecular weight excluding hydrogens is 266 g/mol. The first kappa shape index (κ1) is 16.0. The second-order valence-electron chi connectivity index (χ2n) is 6.01. The molecule has 0 bridgehead atoms. The van der Waals surface area contributed by atoms with E-state index < -0.39 is 0 Å². The van der Waals surface area contributed by atoms with Crippen LogP contribution in [0.25, 0.3) is 0 Å². The van der Waals surface area contributed by atoms with Gasteiger partial charge < -0.3 is 15.1 Å². The first-order valence-electron chi connectivity index (χ1n) is 7.85. The van der Waals surface area contributed by atoms with Gasteiger partial charge in [-0.15, -0.1) is 11.3 Å². The molecule has 1 aromatic heterocycles. The van der Waals surface area contributed by atoms with Crippen LogP contribution in [0.1, 0.15) is 24.6 Å². The average Bonchev–Trinajstić information content (AvgIpc) is 2.87. The Kier molecular flexibility index (Phi) is 6.49. The zero-order valence-electron chi connectivity index (χ0n) is 13.1. The predicted octanol–water partition coefficient (Wildman–Crippen LogP) is 2.29. The van der Waals surface area contributed by atoms with Gasteiger partial charge in [0.15, 0.2) is 0 Å². The van der Waals surface area contributed by atoms with Crippen LogP contribution >= 0.6 is 11.3 Å². The lowest BCUT2D eigenvalue weighted by Gasteiger charge is -2.35. The lowest BCUT2D eigenvalue weighted by molar-refractivity contribution is 0.177. The third-order valence-electron chi connectivity index (χ3n) is 4.24. The molecule has 20 heavy (non-hydrogen) atoms. The van der Waals surface area contributed by atoms with Crippen LogP contribution in [0.2, 0.25) is 0 Å². The number of hydrogen-bond donors (Lipinski definition) is 1. The van der Waals surface area contributed by atoms with Crippen molar-refractivity contribution in [2.45, 2.75) is 38.3 Å². The smallest absolute Gasteiger partial charge is 0.0376 e. The number of nitrogens with zero attached hydrogens (tertiary/aromatic N) is 2. The second-order valence-corrected chi connectivity index (χ2v) is 7.04. The van der Waals surface area contributed by atoms with Crippen molar-refractivity contribution < 1.29 is 0 Å². The quantitative estimate of drug-likeness (QED) is 0.869. The minimum Gasteiger partial charge on any atom is -0.312 e. The van der Waals surface area contributed by atoms with Crippen molar-refractivity contribution in [2.24, 2.45) is 0 Å². The molecule has 1 fully saturated rings. The van der Waals surface area contributed by atoms with E-state index in [1.165, 1.54) is 37.4 Å². The van der Waals surface area contributed by atoms with Crippen LogP contribution in [0, 0.1) is 0 Å². The summed E-state index contributed by atoms with van der Waals surface area (Å²) in [6, 6.07) is 5.60. The molecule has 0 saturated carbocycles. The van der Waals surface area contributed by atoms with E-state index in [-0.39, 0.29) is 0 Å². The summed E-state index contributed by atoms with van der Waals surface area (Å²) in [5.41, 5.74) is 0. The lowest BCUT2D eigenvalue weighted by atomic mass is 10.0. The van der Waals surface area contributed by atoms with Crippen molar-refractivity contribution in [1.82, 2.24) is 15.1 Å². The van der Waals surface area contributed by atoms with E-state index in [0.29, 0.717) is 12.1 Å². The molecule has 2 heterocycles. The Balaban J connectivity index is 2.06. The third kappa shape index (κ3) is 4.55. The topological polar surface area (TPSA) is 18.5 Å². The fraction of sp³-hybridized carbons (Fsp3) is 0.750. The van der Waals surface area contributed by atoms with E-state index in [1.807, 2.05) is 11.3 Å². The highest BCUT2D eigenvalue weighted by atomic mass is 32.1. The van der Waals surface area contributed by atoms with Crippen LogP contribution in [0.5, 0.6) is 0 Å². The molecule has 2 unspecified atom stereocenters. The SMILES string of the molecule is CCCNC(Cc1cccs1)C1CN(C)CCCN1C. The predicted molar refractivity (Wildman–Crippen MR) is 88.6 cm³/mol. The molecule has 0 amide bonds. The third-order valence-corrected chi connectivity index (χ3v) is 5.14. The summed E-state index contributed by atoms with van der Waals surface area (Å²) < 4.78 is 0. The number of likely N-dealkylation sites (N-methyl/N-ethyl adjacent to an activating group) is 2. The number of thiophene rings is 1. The van der Waals surface area contributed by atoms with Gasteiger partial charge in [-0.1, -0.05) is 13.0 Å². The van der Waals surface area contributed by atoms with E-state index >= 15 is 0 Å². The maximum Gasteiger partial charge on any atom is 0.0376 e. The van der Waals surface area contributed by atoms with Gasteiger partial charge in [0.2, 0.25) is 0 Å². The van der Waals surface area contributed by atoms with Crippen LogP contribution in [-0.2, 0) is 6.42 Å². The Labute approximate surface area is 128 Å². The fourth-order valence-corrected chi connectivity index (χ4v) is 3.82. The number of nitrogens with one attached hydrogen (secondary N) is 1. The van der Waals surface area contributed by atoms with Crippen LogP contribution in [-0.4, -0.2) is 62.2 Å². The van der Waals surface area contributed by atoms with Gasteiger partial charge in [0, 0.05) is 23.5 Å². The Bertz CT molecular complexity index is 366. The van der Waals surface area contributed by atoms with Crippen molar-refractivity contribution in [2.75, 3.05) is 40.3 Å². The zero-order valence-corrected chi connectivity index (χ0v) is 14.0. The Morgan fingerprint density at radius 1 is 1.40 bits per heavy atom. The molecule has 0 spiro atoms. The molecule has 0 aliphatic carbocycles. The van der Waals surface area contributed by atoms with Gasteiger partial charge in [-0.05, 0) is 64.4 Å². The highest BCUT2D eigenvalue weighted by Crippen LogP contribution is 2.17. The summed E-state index contributed by atoms with van der Waals surface area (Å²) in [7, 11) is 4.55. The minimum absolute atomic E-state index is 0.555. The standard InChI is InChI=1S/C16H29N3S/c1-4-8-17-15(12-14-7-5-11-20-14)16-13-18(2)9-6-10-19(16)3/h5,7,11,15-17H,4,6,8-10,12-13H2,1-3H3. The van der Waals surface area contributed by atoms with Crippen LogP contribution in [0.15, 0.2) is 17.5 Å². The van der Waals surface area contributed by atoms with Gasteiger partial charge in [-0.3, -0.25) is 0 Å². The maximum atomic E-state index is 3.79. The number of hydrogen-bond acceptors (Lipinski definition) is 4. The molecule has 4 heteroatoms. The van der Waals surface area contributed by atoms with Gasteiger partial charge in [-0.25, -0.2) is 0 Å². The molecule has 2 rings (SSSR count). The first-order chi connectivity index (χ1) is 9.70. The molecule has 1 aromatic rings. The van der Waals surface area contributed by atoms with Crippen molar-refractivity contribution in [1.29, 1.82) is 0 Å². The van der Waals surface area contributed by atoms with E-state index in [2.05, 4.69) is 53.6 Å². The van der Waals surface area contributed by atoms with Gasteiger partial charge in [0.25, 0.3) is 0 Å². The summed E-state index contributed by atoms with van der Waals surface area (Å²) >= 11 is 1.88. The summed E-state index contributed by atoms with van der Waals surface area (Å²) in [6.45, 7) is 6.97. The first-order valence-corrected chi connectivity index (χ1v) is 8.73. The summed E-state index contributed by atoms with van der Waals surface area (Å²) in [5.74, 6) is 0. The highest BCUT2D eigenvalue weighted by Gasteiger charge is 2.28. The zero-order chi connectivity index (χ0) is 14.4. The Hall–Kier alpha value is -0.420. The Morgan fingerprint density at radius 3 is 2.95 bits per heavy atom. The summed E-state index contributed by atoms with van der Waals surface area (Å²) in [6.07, 6.45) is 3.64. The molecule has 1 N–H and O–H groups in total. The maximum absolute atomic E-state index is 3.79. The second kappa shape index (κ2) is 8.13. The van der Waals surface area contributed by atoms with Gasteiger partial charge >= 0.3 is 0 Å². The van der Waals surface area contributed by atoms with Crippen molar-refractivity contribution in [3.05, 3.63) is 22.4 Å². The molecule has 1 aliphatic heterocycles. The van der Waals surface area contributed by atoms with E-state index in [4.69, 9.17) is 0 Å². The summed E-state index contributed by atoms with van der Waals surface area (Å²) in [4.78, 5) is 6.55. The summed E-state index contributed by atoms with van der Waals surface area (Å²) in [5, 5.41) is 5.98. The largest absolute Gasteiger partial charge is 0.312 e. The van der Waals surface area contributed by atoms with Gasteiger partial charge in [-0.2, -0.15) is 0 Å². The number of rotatable bonds is 6. The van der Waals surface area contributed by atoms with Gasteiger partial charge in [0.05, 0.1) is 0 Å². The molecular formula is C16H29N3S. The lowest BCUT2D eigenvalue weighted by Crippen LogP contribution is -2.53. The fourth-order valence-electron chi connectivity index (χ4n) is 3.06. The molecule has 114 valence electrons. The van der Waals surface area contributed by atoms with Crippen LogP contribution < -0.4 is 5.32 Å². The molecule has 1 saturated heterocycles. The highest BCUT2D eigenvalue weighted by molar-refractivity contribution is 7.09. The van der Waals surface area contributed by atoms with Crippen molar-refractivity contribution >= 4 is 11.3 Å². The van der Waals surface area contributed by atoms with E-state index in [1.54, 1.807) is 0 Å². The van der Waals surface area contributed by atoms with Crippen LogP contribution in [0.4, 0.5) is 0 Å². The molecule has 2 atom stereocenters. The average molecular weight is 295 g/mol. The molecule has 3 nitrogen and oxygen atoms in total. The van der Waals surface area contributed by atoms with Crippen LogP contribution in [0.3, 0.4) is 0 Å². The van der Waals surface area contributed by atoms with E-state index in [0.717, 1.165) is 13.0 Å². The Morgan fingerprint density at radius 2 is 2.25 bits per heavy atom. The monoisotopic (exact) mass is 295 g/mol. The van der Waals surface area contributed by atoms with Crippen molar-refractivity contribution in [3.8, 4) is 0 Å². The molecule has 1 aliphatic rings. The molecule has 0 aromatic carbocycles. The molecule has 0 radical (unpaired) electrons. The minimum atomic E-state index is 0.555. The van der Waals surface area contributed by atoms with Crippen molar-refractivity contribution in [3.63, 3.8) is 0 Å². The van der Waals surface area contributed by atoms with E-state index in [9.17, 15) is 0 Å².